The molecule has 0 aliphatic heterocycles. The molecule has 10 heteroatoms. The zero-order valence-electron chi connectivity index (χ0n) is 18.0. The molecule has 2 heterocycles. The van der Waals surface area contributed by atoms with Gasteiger partial charge in [0.05, 0.1) is 11.8 Å². The number of aliphatic hydroxyl groups is 1. The second-order valence-corrected chi connectivity index (χ2v) is 8.12. The molecular formula is C23H25F3N6O. The fourth-order valence-electron chi connectivity index (χ4n) is 3.82. The minimum Gasteiger partial charge on any atom is -0.393 e. The van der Waals surface area contributed by atoms with Gasteiger partial charge in [0.25, 0.3) is 0 Å². The van der Waals surface area contributed by atoms with Crippen molar-refractivity contribution in [3.8, 4) is 11.3 Å². The number of nitrogens with one attached hydrogen (secondary N) is 2. The van der Waals surface area contributed by atoms with Gasteiger partial charge >= 0.3 is 6.18 Å². The van der Waals surface area contributed by atoms with Crippen LogP contribution in [0.15, 0.2) is 42.7 Å². The number of nitrogens with zero attached hydrogens (tertiary/aromatic N) is 3. The molecule has 174 valence electrons. The minimum absolute atomic E-state index is 0.0487. The number of benzene rings is 1. The molecule has 1 aliphatic rings. The molecule has 0 bridgehead atoms. The van der Waals surface area contributed by atoms with Crippen LogP contribution in [0.25, 0.3) is 11.3 Å². The first-order valence-electron chi connectivity index (χ1n) is 10.7. The van der Waals surface area contributed by atoms with E-state index in [9.17, 15) is 18.3 Å². The highest BCUT2D eigenvalue weighted by Gasteiger charge is 2.33. The van der Waals surface area contributed by atoms with Crippen LogP contribution in [0.2, 0.25) is 0 Å². The molecule has 0 saturated heterocycles. The number of hydrogen-bond donors (Lipinski definition) is 4. The van der Waals surface area contributed by atoms with E-state index in [1.165, 1.54) is 18.0 Å². The van der Waals surface area contributed by atoms with Crippen molar-refractivity contribution in [1.82, 2.24) is 15.0 Å². The summed E-state index contributed by atoms with van der Waals surface area (Å²) in [6.45, 7) is 1.98. The Bertz CT molecular complexity index is 1140. The quantitative estimate of drug-likeness (QED) is 0.443. The predicted octanol–water partition coefficient (Wildman–Crippen LogP) is 3.91. The molecule has 3 aromatic rings. The van der Waals surface area contributed by atoms with Crippen molar-refractivity contribution in [3.05, 3.63) is 59.5 Å². The van der Waals surface area contributed by atoms with Gasteiger partial charge in [0.15, 0.2) is 0 Å². The molecule has 0 fully saturated rings. The van der Waals surface area contributed by atoms with Crippen molar-refractivity contribution in [2.24, 2.45) is 5.73 Å². The molecule has 0 unspecified atom stereocenters. The number of aliphatic hydroxyl groups excluding tert-OH is 1. The van der Waals surface area contributed by atoms with Gasteiger partial charge < -0.3 is 21.5 Å². The third kappa shape index (κ3) is 5.23. The van der Waals surface area contributed by atoms with Gasteiger partial charge in [-0.15, -0.1) is 0 Å². The second-order valence-electron chi connectivity index (χ2n) is 8.12. The van der Waals surface area contributed by atoms with E-state index in [1.807, 2.05) is 18.2 Å². The summed E-state index contributed by atoms with van der Waals surface area (Å²) in [6.07, 6.45) is -1.55. The van der Waals surface area contributed by atoms with E-state index in [2.05, 4.69) is 25.6 Å². The van der Waals surface area contributed by atoms with Crippen molar-refractivity contribution >= 4 is 17.3 Å². The summed E-state index contributed by atoms with van der Waals surface area (Å²) >= 11 is 0. The lowest BCUT2D eigenvalue weighted by molar-refractivity contribution is -0.141. The summed E-state index contributed by atoms with van der Waals surface area (Å²) in [6, 6.07) is 9.53. The van der Waals surface area contributed by atoms with Crippen molar-refractivity contribution in [2.75, 3.05) is 17.2 Å². The number of alkyl halides is 3. The Labute approximate surface area is 189 Å². The number of nitrogens with two attached hydrogens (primary N) is 1. The molecule has 1 aromatic carbocycles. The van der Waals surface area contributed by atoms with Crippen LogP contribution in [0.4, 0.5) is 30.5 Å². The molecule has 0 radical (unpaired) electrons. The molecular weight excluding hydrogens is 433 g/mol. The average molecular weight is 458 g/mol. The van der Waals surface area contributed by atoms with Crippen molar-refractivity contribution in [1.29, 1.82) is 0 Å². The van der Waals surface area contributed by atoms with Gasteiger partial charge in [-0.2, -0.15) is 13.2 Å². The lowest BCUT2D eigenvalue weighted by Gasteiger charge is -2.23. The number of rotatable bonds is 6. The maximum Gasteiger partial charge on any atom is 0.433 e. The van der Waals surface area contributed by atoms with E-state index >= 15 is 0 Å². The van der Waals surface area contributed by atoms with Gasteiger partial charge in [-0.05, 0) is 49.1 Å². The topological polar surface area (TPSA) is 109 Å². The van der Waals surface area contributed by atoms with Crippen molar-refractivity contribution < 1.29 is 18.3 Å². The Morgan fingerprint density at radius 1 is 1.21 bits per heavy atom. The molecule has 1 aliphatic carbocycles. The maximum atomic E-state index is 13.2. The lowest BCUT2D eigenvalue weighted by atomic mass is 9.88. The number of halogens is 3. The lowest BCUT2D eigenvalue weighted by Crippen LogP contribution is -2.26. The highest BCUT2D eigenvalue weighted by Crippen LogP contribution is 2.34. The minimum atomic E-state index is -4.57. The van der Waals surface area contributed by atoms with Crippen molar-refractivity contribution in [2.45, 2.75) is 44.5 Å². The molecule has 5 N–H and O–H groups in total. The molecule has 2 aromatic heterocycles. The van der Waals surface area contributed by atoms with Crippen LogP contribution in [0.1, 0.15) is 30.2 Å². The van der Waals surface area contributed by atoms with Gasteiger partial charge in [-0.1, -0.05) is 12.1 Å². The smallest absolute Gasteiger partial charge is 0.393 e. The van der Waals surface area contributed by atoms with Crippen LogP contribution in [-0.4, -0.2) is 38.7 Å². The first-order valence-corrected chi connectivity index (χ1v) is 10.7. The molecule has 4 rings (SSSR count). The molecule has 0 spiro atoms. The van der Waals surface area contributed by atoms with Crippen LogP contribution in [0, 0.1) is 0 Å². The fourth-order valence-corrected chi connectivity index (χ4v) is 3.82. The van der Waals surface area contributed by atoms with Crippen LogP contribution >= 0.6 is 0 Å². The van der Waals surface area contributed by atoms with Gasteiger partial charge in [-0.3, -0.25) is 0 Å². The number of anilines is 3. The van der Waals surface area contributed by atoms with Crippen LogP contribution < -0.4 is 16.4 Å². The molecule has 7 nitrogen and oxygen atoms in total. The number of aromatic nitrogens is 3. The normalized spacial score (nSPS) is 16.7. The standard InChI is InChI=1S/C23H25F3N6O/c1-13(11-27)30-22-16(7-8-20(32-22)23(24,25)26)19-10-21(29-12-28-19)31-18-4-2-3-14-5-6-15(33)9-17(14)18/h2-4,7-8,10,12-13,15,33H,5-6,9,11,27H2,1H3,(H,30,32)(H,28,29,31)/t13-,15-/m0/s1. The van der Waals surface area contributed by atoms with Gasteiger partial charge in [0.1, 0.15) is 23.7 Å². The van der Waals surface area contributed by atoms with E-state index in [0.29, 0.717) is 23.5 Å². The summed E-state index contributed by atoms with van der Waals surface area (Å²) in [7, 11) is 0. The average Bonchev–Trinajstić information content (AvgIpc) is 2.79. The molecule has 0 amide bonds. The van der Waals surface area contributed by atoms with E-state index in [4.69, 9.17) is 5.73 Å². The predicted molar refractivity (Wildman–Crippen MR) is 120 cm³/mol. The van der Waals surface area contributed by atoms with Gasteiger partial charge in [0, 0.05) is 36.3 Å². The number of fused-ring (bicyclic) bond motifs is 1. The SMILES string of the molecule is C[C@@H](CN)Nc1nc(C(F)(F)F)ccc1-c1cc(Nc2cccc3c2C[C@@H](O)CC3)ncn1. The number of aryl methyl sites for hydroxylation is 1. The van der Waals surface area contributed by atoms with Crippen molar-refractivity contribution in [3.63, 3.8) is 0 Å². The maximum absolute atomic E-state index is 13.2. The molecule has 33 heavy (non-hydrogen) atoms. The second kappa shape index (κ2) is 9.32. The van der Waals surface area contributed by atoms with Crippen LogP contribution in [0.5, 0.6) is 0 Å². The first-order chi connectivity index (χ1) is 15.7. The summed E-state index contributed by atoms with van der Waals surface area (Å²) in [5.74, 6) is 0.527. The Hall–Kier alpha value is -3.24. The monoisotopic (exact) mass is 458 g/mol. The van der Waals surface area contributed by atoms with Gasteiger partial charge in [0.2, 0.25) is 0 Å². The Kier molecular flexibility index (Phi) is 6.48. The first kappa shape index (κ1) is 22.9. The summed E-state index contributed by atoms with van der Waals surface area (Å²) in [5.41, 5.74) is 8.49. The summed E-state index contributed by atoms with van der Waals surface area (Å²) in [5, 5.41) is 16.3. The van der Waals surface area contributed by atoms with Crippen LogP contribution in [0.3, 0.4) is 0 Å². The Morgan fingerprint density at radius 2 is 2.03 bits per heavy atom. The zero-order valence-corrected chi connectivity index (χ0v) is 18.0. The van der Waals surface area contributed by atoms with E-state index in [1.54, 1.807) is 13.0 Å². The fraction of sp³-hybridized carbons (Fsp3) is 0.348. The third-order valence-electron chi connectivity index (χ3n) is 5.59. The van der Waals surface area contributed by atoms with E-state index < -0.39 is 18.0 Å². The Balaban J connectivity index is 1.68. The van der Waals surface area contributed by atoms with E-state index in [-0.39, 0.29) is 18.4 Å². The molecule has 2 atom stereocenters. The molecule has 0 saturated carbocycles. The number of pyridine rings is 1. The largest absolute Gasteiger partial charge is 0.433 e. The Morgan fingerprint density at radius 3 is 2.79 bits per heavy atom. The number of hydrogen-bond acceptors (Lipinski definition) is 7. The van der Waals surface area contributed by atoms with Gasteiger partial charge in [-0.25, -0.2) is 15.0 Å². The highest BCUT2D eigenvalue weighted by atomic mass is 19.4. The summed E-state index contributed by atoms with van der Waals surface area (Å²) < 4.78 is 39.7. The van der Waals surface area contributed by atoms with E-state index in [0.717, 1.165) is 30.2 Å². The van der Waals surface area contributed by atoms with Crippen LogP contribution in [-0.2, 0) is 19.0 Å². The third-order valence-corrected chi connectivity index (χ3v) is 5.59. The summed E-state index contributed by atoms with van der Waals surface area (Å²) in [4.78, 5) is 12.3. The highest BCUT2D eigenvalue weighted by molar-refractivity contribution is 5.75. The zero-order chi connectivity index (χ0) is 23.6.